The van der Waals surface area contributed by atoms with Gasteiger partial charge in [0.15, 0.2) is 0 Å². The van der Waals surface area contributed by atoms with Gasteiger partial charge in [0.05, 0.1) is 12.3 Å². The molecule has 1 rings (SSSR count). The molecule has 0 radical (unpaired) electrons. The molecule has 0 aliphatic carbocycles. The van der Waals surface area contributed by atoms with E-state index in [4.69, 9.17) is 25.8 Å². The summed E-state index contributed by atoms with van der Waals surface area (Å²) in [6.45, 7) is 14.9. The Morgan fingerprint density at radius 3 is 2.12 bits per heavy atom. The summed E-state index contributed by atoms with van der Waals surface area (Å²) in [7, 11) is 0. The molecule has 182 valence electrons. The predicted octanol–water partition coefficient (Wildman–Crippen LogP) is 6.60. The van der Waals surface area contributed by atoms with Gasteiger partial charge >= 0.3 is 11.9 Å². The number of halogens is 2. The molecule has 0 aliphatic heterocycles. The van der Waals surface area contributed by atoms with Crippen molar-refractivity contribution in [2.45, 2.75) is 92.5 Å². The van der Waals surface area contributed by atoms with Crippen LogP contribution in [0.2, 0.25) is 5.02 Å². The van der Waals surface area contributed by atoms with Crippen LogP contribution >= 0.6 is 11.6 Å². The highest BCUT2D eigenvalue weighted by Gasteiger charge is 2.34. The predicted molar refractivity (Wildman–Crippen MR) is 124 cm³/mol. The minimum absolute atomic E-state index is 0.0590. The van der Waals surface area contributed by atoms with Crippen LogP contribution in [-0.4, -0.2) is 29.7 Å². The number of hydrogen-bond donors (Lipinski definition) is 0. The van der Waals surface area contributed by atoms with E-state index in [0.717, 1.165) is 12.8 Å². The van der Waals surface area contributed by atoms with E-state index in [9.17, 15) is 14.0 Å². The molecule has 5 nitrogen and oxygen atoms in total. The van der Waals surface area contributed by atoms with Crippen molar-refractivity contribution in [3.63, 3.8) is 0 Å². The summed E-state index contributed by atoms with van der Waals surface area (Å²) in [5, 5.41) is 0.227. The molecule has 1 aromatic rings. The number of carbonyl (C=O) groups is 2. The van der Waals surface area contributed by atoms with Gasteiger partial charge in [-0.3, -0.25) is 9.59 Å². The fourth-order valence-corrected chi connectivity index (χ4v) is 3.79. The van der Waals surface area contributed by atoms with E-state index in [0.29, 0.717) is 0 Å². The summed E-state index contributed by atoms with van der Waals surface area (Å²) in [6.07, 6.45) is 0.404. The highest BCUT2D eigenvalue weighted by atomic mass is 35.5. The Hall–Kier alpha value is -1.82. The summed E-state index contributed by atoms with van der Waals surface area (Å²) >= 11 is 5.97. The lowest BCUT2D eigenvalue weighted by atomic mass is 9.91. The highest BCUT2D eigenvalue weighted by Crippen LogP contribution is 2.28. The average molecular weight is 473 g/mol. The summed E-state index contributed by atoms with van der Waals surface area (Å²) in [4.78, 5) is 25.3. The minimum atomic E-state index is -0.640. The Labute approximate surface area is 196 Å². The van der Waals surface area contributed by atoms with Crippen LogP contribution in [0.15, 0.2) is 18.2 Å². The van der Waals surface area contributed by atoms with E-state index in [1.807, 2.05) is 27.7 Å². The highest BCUT2D eigenvalue weighted by molar-refractivity contribution is 6.30. The van der Waals surface area contributed by atoms with Gasteiger partial charge in [-0.05, 0) is 64.5 Å². The van der Waals surface area contributed by atoms with Crippen molar-refractivity contribution in [3.05, 3.63) is 29.0 Å². The zero-order valence-electron chi connectivity index (χ0n) is 20.5. The average Bonchev–Trinajstić information content (AvgIpc) is 2.63. The van der Waals surface area contributed by atoms with Crippen molar-refractivity contribution in [1.29, 1.82) is 0 Å². The lowest BCUT2D eigenvalue weighted by molar-refractivity contribution is -0.168. The molecule has 7 heteroatoms. The van der Waals surface area contributed by atoms with E-state index >= 15 is 0 Å². The molecule has 0 amide bonds. The Kier molecular flexibility index (Phi) is 11.0. The molecule has 0 spiro atoms. The van der Waals surface area contributed by atoms with Gasteiger partial charge in [0.2, 0.25) is 0 Å². The zero-order chi connectivity index (χ0) is 24.6. The second-order valence-electron chi connectivity index (χ2n) is 9.55. The molecule has 0 unspecified atom stereocenters. The van der Waals surface area contributed by atoms with Gasteiger partial charge in [-0.1, -0.05) is 39.3 Å². The van der Waals surface area contributed by atoms with Gasteiger partial charge in [0.25, 0.3) is 0 Å². The first kappa shape index (κ1) is 28.2. The van der Waals surface area contributed by atoms with Gasteiger partial charge in [-0.25, -0.2) is 4.39 Å². The monoisotopic (exact) mass is 472 g/mol. The first-order valence-electron chi connectivity index (χ1n) is 11.3. The van der Waals surface area contributed by atoms with E-state index in [1.54, 1.807) is 27.7 Å². The largest absolute Gasteiger partial charge is 0.486 e. The molecule has 0 aliphatic rings. The maximum absolute atomic E-state index is 13.8. The molecule has 0 fully saturated rings. The topological polar surface area (TPSA) is 61.8 Å². The zero-order valence-corrected chi connectivity index (χ0v) is 21.3. The van der Waals surface area contributed by atoms with Gasteiger partial charge in [0, 0.05) is 11.1 Å². The van der Waals surface area contributed by atoms with Crippen molar-refractivity contribution in [3.8, 4) is 5.75 Å². The summed E-state index contributed by atoms with van der Waals surface area (Å²) in [5.74, 6) is -1.82. The summed E-state index contributed by atoms with van der Waals surface area (Å²) < 4.78 is 31.0. The molecule has 0 N–H and O–H groups in total. The van der Waals surface area contributed by atoms with Crippen molar-refractivity contribution in [2.24, 2.45) is 17.8 Å². The van der Waals surface area contributed by atoms with Crippen LogP contribution in [-0.2, 0) is 19.1 Å². The molecule has 32 heavy (non-hydrogen) atoms. The number of carbonyl (C=O) groups excluding carboxylic acids is 2. The van der Waals surface area contributed by atoms with Crippen LogP contribution < -0.4 is 4.74 Å². The third-order valence-electron chi connectivity index (χ3n) is 5.30. The third-order valence-corrected chi connectivity index (χ3v) is 5.52. The van der Waals surface area contributed by atoms with Crippen LogP contribution in [0, 0.1) is 23.6 Å². The van der Waals surface area contributed by atoms with Crippen molar-refractivity contribution < 1.29 is 28.2 Å². The van der Waals surface area contributed by atoms with Gasteiger partial charge in [-0.2, -0.15) is 0 Å². The molecule has 0 saturated heterocycles. The van der Waals surface area contributed by atoms with Gasteiger partial charge in [-0.15, -0.1) is 0 Å². The van der Waals surface area contributed by atoms with Crippen molar-refractivity contribution >= 4 is 23.5 Å². The molecule has 0 heterocycles. The third kappa shape index (κ3) is 9.35. The quantitative estimate of drug-likeness (QED) is 0.339. The van der Waals surface area contributed by atoms with Crippen LogP contribution in [0.4, 0.5) is 4.39 Å². The number of benzene rings is 1. The molecule has 3 atom stereocenters. The first-order chi connectivity index (χ1) is 14.8. The van der Waals surface area contributed by atoms with Crippen LogP contribution in [0.3, 0.4) is 0 Å². The fraction of sp³-hybridized carbons (Fsp3) is 0.680. The molecule has 0 bridgehead atoms. The Morgan fingerprint density at radius 2 is 1.66 bits per heavy atom. The van der Waals surface area contributed by atoms with E-state index < -0.39 is 41.5 Å². The maximum Gasteiger partial charge on any atom is 0.310 e. The Morgan fingerprint density at radius 1 is 1.06 bits per heavy atom. The lowest BCUT2D eigenvalue weighted by Crippen LogP contribution is -2.41. The minimum Gasteiger partial charge on any atom is -0.486 e. The Balaban J connectivity index is 3.01. The SMILES string of the molecule is CCC(CC)[C@@H](Oc1cc(F)cc(Cl)c1)[C@H](C)OC(=O)[C@@H](CC(=O)OC(C)(C)C)C(C)C. The van der Waals surface area contributed by atoms with Gasteiger partial charge in [0.1, 0.15) is 29.4 Å². The van der Waals surface area contributed by atoms with E-state index in [2.05, 4.69) is 0 Å². The summed E-state index contributed by atoms with van der Waals surface area (Å²) in [5.41, 5.74) is -0.629. The maximum atomic E-state index is 13.8. The number of rotatable bonds is 11. The second kappa shape index (κ2) is 12.4. The van der Waals surface area contributed by atoms with Crippen LogP contribution in [0.1, 0.15) is 74.7 Å². The molecular weight excluding hydrogens is 435 g/mol. The lowest BCUT2D eigenvalue weighted by Gasteiger charge is -2.32. The van der Waals surface area contributed by atoms with Crippen LogP contribution in [0.25, 0.3) is 0 Å². The standard InChI is InChI=1S/C25H38ClFO5/c1-9-17(10-2)23(31-20-12-18(26)11-19(27)13-20)16(5)30-24(29)21(15(3)4)14-22(28)32-25(6,7)8/h11-13,15-17,21,23H,9-10,14H2,1-8H3/t16-,21-,23-/m0/s1. The fourth-order valence-electron chi connectivity index (χ4n) is 3.57. The number of hydrogen-bond acceptors (Lipinski definition) is 5. The van der Waals surface area contributed by atoms with Gasteiger partial charge < -0.3 is 14.2 Å². The number of esters is 2. The first-order valence-corrected chi connectivity index (χ1v) is 11.7. The smallest absolute Gasteiger partial charge is 0.310 e. The van der Waals surface area contributed by atoms with E-state index in [-0.39, 0.29) is 29.0 Å². The molecular formula is C25H38ClFO5. The summed E-state index contributed by atoms with van der Waals surface area (Å²) in [6, 6.07) is 4.00. The van der Waals surface area contributed by atoms with E-state index in [1.165, 1.54) is 18.2 Å². The molecule has 0 saturated carbocycles. The van der Waals surface area contributed by atoms with Crippen molar-refractivity contribution in [1.82, 2.24) is 0 Å². The number of ether oxygens (including phenoxy) is 3. The Bertz CT molecular complexity index is 735. The van der Waals surface area contributed by atoms with Crippen LogP contribution in [0.5, 0.6) is 5.75 Å². The second-order valence-corrected chi connectivity index (χ2v) is 9.98. The molecule has 0 aromatic heterocycles. The van der Waals surface area contributed by atoms with Crippen molar-refractivity contribution in [2.75, 3.05) is 0 Å². The normalized spacial score (nSPS) is 14.8. The molecule has 1 aromatic carbocycles.